The Morgan fingerprint density at radius 2 is 2.19 bits per heavy atom. The highest BCUT2D eigenvalue weighted by Gasteiger charge is 2.16. The molecule has 3 rings (SSSR count). The summed E-state index contributed by atoms with van der Waals surface area (Å²) < 4.78 is 10.2. The van der Waals surface area contributed by atoms with Crippen molar-refractivity contribution >= 4 is 51.6 Å². The Labute approximate surface area is 131 Å². The number of nitrogens with one attached hydrogen (secondary N) is 1. The third-order valence-electron chi connectivity index (χ3n) is 3.27. The topological polar surface area (TPSA) is 81.7 Å². The molecule has 0 unspecified atom stereocenters. The third-order valence-corrected chi connectivity index (χ3v) is 4.13. The first-order chi connectivity index (χ1) is 10.1. The largest absolute Gasteiger partial charge is 0.394 e. The Morgan fingerprint density at radius 3 is 2.95 bits per heavy atom. The van der Waals surface area contributed by atoms with Gasteiger partial charge >= 0.3 is 0 Å². The fourth-order valence-electron chi connectivity index (χ4n) is 2.23. The molecule has 3 aromatic rings. The molecule has 0 radical (unpaired) electrons. The van der Waals surface area contributed by atoms with Crippen LogP contribution in [0.5, 0.6) is 0 Å². The van der Waals surface area contributed by atoms with Crippen molar-refractivity contribution in [2.75, 3.05) is 11.1 Å². The molecule has 3 N–H and O–H groups in total. The highest BCUT2D eigenvalue weighted by molar-refractivity contribution is 7.00. The Morgan fingerprint density at radius 1 is 1.38 bits per heavy atom. The van der Waals surface area contributed by atoms with Crippen LogP contribution in [0.15, 0.2) is 12.1 Å². The van der Waals surface area contributed by atoms with Crippen molar-refractivity contribution in [3.05, 3.63) is 22.8 Å². The molecule has 0 saturated carbocycles. The van der Waals surface area contributed by atoms with E-state index in [4.69, 9.17) is 17.3 Å². The van der Waals surface area contributed by atoms with Crippen molar-refractivity contribution in [3.8, 4) is 0 Å². The summed E-state index contributed by atoms with van der Waals surface area (Å²) in [5.41, 5.74) is 9.98. The first-order valence-electron chi connectivity index (χ1n) is 6.61. The number of anilines is 3. The van der Waals surface area contributed by atoms with E-state index in [1.54, 1.807) is 10.7 Å². The zero-order valence-corrected chi connectivity index (χ0v) is 13.3. The fourth-order valence-corrected chi connectivity index (χ4v) is 2.97. The summed E-state index contributed by atoms with van der Waals surface area (Å²) in [5, 5.41) is 8.29. The molecule has 0 spiro atoms. The monoisotopic (exact) mass is 322 g/mol. The predicted molar refractivity (Wildman–Crippen MR) is 87.3 cm³/mol. The van der Waals surface area contributed by atoms with Gasteiger partial charge in [-0.2, -0.15) is 13.8 Å². The maximum Gasteiger partial charge on any atom is 0.152 e. The highest BCUT2D eigenvalue weighted by atomic mass is 35.5. The van der Waals surface area contributed by atoms with Crippen LogP contribution in [0.25, 0.3) is 11.0 Å². The minimum absolute atomic E-state index is 0.577. The second-order valence-electron chi connectivity index (χ2n) is 4.76. The van der Waals surface area contributed by atoms with Crippen molar-refractivity contribution in [2.45, 2.75) is 19.8 Å². The van der Waals surface area contributed by atoms with Crippen LogP contribution in [0.1, 0.15) is 19.0 Å². The molecule has 8 heteroatoms. The van der Waals surface area contributed by atoms with Gasteiger partial charge in [-0.25, -0.2) is 0 Å². The fraction of sp³-hybridized carbons (Fsp3) is 0.308. The number of nitrogen functional groups attached to an aromatic ring is 1. The van der Waals surface area contributed by atoms with E-state index in [-0.39, 0.29) is 0 Å². The van der Waals surface area contributed by atoms with E-state index in [1.165, 1.54) is 0 Å². The summed E-state index contributed by atoms with van der Waals surface area (Å²) in [6.45, 7) is 2.10. The Bertz CT molecular complexity index is 793. The van der Waals surface area contributed by atoms with E-state index < -0.39 is 0 Å². The predicted octanol–water partition coefficient (Wildman–Crippen LogP) is 3.36. The van der Waals surface area contributed by atoms with Gasteiger partial charge in [-0.05, 0) is 18.6 Å². The minimum Gasteiger partial charge on any atom is -0.394 e. The van der Waals surface area contributed by atoms with Crippen LogP contribution in [0.4, 0.5) is 17.2 Å². The molecule has 6 nitrogen and oxygen atoms in total. The lowest BCUT2D eigenvalue weighted by molar-refractivity contribution is 0.740. The number of rotatable bonds is 4. The molecule has 21 heavy (non-hydrogen) atoms. The van der Waals surface area contributed by atoms with Gasteiger partial charge in [-0.1, -0.05) is 24.9 Å². The van der Waals surface area contributed by atoms with Crippen LogP contribution in [-0.4, -0.2) is 18.5 Å². The van der Waals surface area contributed by atoms with Gasteiger partial charge < -0.3 is 11.1 Å². The first kappa shape index (κ1) is 14.1. The van der Waals surface area contributed by atoms with Gasteiger partial charge in [0, 0.05) is 7.05 Å². The number of hydrogen-bond acceptors (Lipinski definition) is 6. The average Bonchev–Trinajstić information content (AvgIpc) is 3.02. The van der Waals surface area contributed by atoms with Crippen molar-refractivity contribution in [1.82, 2.24) is 18.5 Å². The maximum absolute atomic E-state index is 6.29. The summed E-state index contributed by atoms with van der Waals surface area (Å²) in [6.07, 6.45) is 1.84. The molecule has 0 bridgehead atoms. The van der Waals surface area contributed by atoms with E-state index in [9.17, 15) is 0 Å². The van der Waals surface area contributed by atoms with E-state index >= 15 is 0 Å². The average molecular weight is 323 g/mol. The lowest BCUT2D eigenvalue weighted by atomic mass is 10.2. The number of halogens is 1. The number of benzene rings is 1. The molecule has 0 atom stereocenters. The van der Waals surface area contributed by atoms with Gasteiger partial charge in [0.05, 0.1) is 33.8 Å². The molecule has 0 aliphatic rings. The quantitative estimate of drug-likeness (QED) is 0.769. The van der Waals surface area contributed by atoms with Crippen molar-refractivity contribution in [3.63, 3.8) is 0 Å². The van der Waals surface area contributed by atoms with E-state index in [0.717, 1.165) is 47.1 Å². The number of aryl methyl sites for hydroxylation is 2. The van der Waals surface area contributed by atoms with Gasteiger partial charge in [0.15, 0.2) is 5.82 Å². The van der Waals surface area contributed by atoms with Crippen LogP contribution in [0.2, 0.25) is 5.02 Å². The Kier molecular flexibility index (Phi) is 3.69. The summed E-state index contributed by atoms with van der Waals surface area (Å²) in [6, 6.07) is 3.65. The molecule has 0 fully saturated rings. The van der Waals surface area contributed by atoms with Gasteiger partial charge in [0.2, 0.25) is 0 Å². The Hall–Kier alpha value is -1.86. The van der Waals surface area contributed by atoms with Crippen molar-refractivity contribution in [2.24, 2.45) is 7.05 Å². The van der Waals surface area contributed by atoms with Crippen molar-refractivity contribution < 1.29 is 0 Å². The summed E-state index contributed by atoms with van der Waals surface area (Å²) in [4.78, 5) is 0. The van der Waals surface area contributed by atoms with Crippen LogP contribution < -0.4 is 11.1 Å². The highest BCUT2D eigenvalue weighted by Crippen LogP contribution is 2.34. The van der Waals surface area contributed by atoms with Gasteiger partial charge in [-0.15, -0.1) is 0 Å². The van der Waals surface area contributed by atoms with Crippen molar-refractivity contribution in [1.29, 1.82) is 0 Å². The molecular weight excluding hydrogens is 308 g/mol. The molecule has 0 saturated heterocycles. The molecular formula is C13H15ClN6S. The first-order valence-corrected chi connectivity index (χ1v) is 7.71. The van der Waals surface area contributed by atoms with Gasteiger partial charge in [0.1, 0.15) is 11.0 Å². The second-order valence-corrected chi connectivity index (χ2v) is 5.70. The summed E-state index contributed by atoms with van der Waals surface area (Å²) in [7, 11) is 1.85. The van der Waals surface area contributed by atoms with Gasteiger partial charge in [0.25, 0.3) is 0 Å². The van der Waals surface area contributed by atoms with Crippen LogP contribution in [0, 0.1) is 0 Å². The number of nitrogens with two attached hydrogens (primary N) is 1. The number of hydrogen-bond donors (Lipinski definition) is 2. The SMILES string of the molecule is CCCc1nn(C)c(Nc2c(Cl)ccc3nsnc23)c1N. The maximum atomic E-state index is 6.29. The smallest absolute Gasteiger partial charge is 0.152 e. The second kappa shape index (κ2) is 5.50. The molecule has 1 aromatic carbocycles. The molecule has 0 aliphatic carbocycles. The standard InChI is InChI=1S/C13H15ClN6S/c1-3-4-8-10(15)13(20(2)17-8)16-11-7(14)5-6-9-12(11)19-21-18-9/h5-6,16H,3-4,15H2,1-2H3. The zero-order valence-electron chi connectivity index (χ0n) is 11.7. The summed E-state index contributed by atoms with van der Waals surface area (Å²) >= 11 is 7.44. The number of fused-ring (bicyclic) bond motifs is 1. The van der Waals surface area contributed by atoms with Crippen LogP contribution in [-0.2, 0) is 13.5 Å². The normalized spacial score (nSPS) is 11.2. The van der Waals surface area contributed by atoms with Gasteiger partial charge in [-0.3, -0.25) is 4.68 Å². The molecule has 0 aliphatic heterocycles. The molecule has 2 heterocycles. The lowest BCUT2D eigenvalue weighted by Crippen LogP contribution is -2.02. The van der Waals surface area contributed by atoms with E-state index in [0.29, 0.717) is 16.4 Å². The summed E-state index contributed by atoms with van der Waals surface area (Å²) in [5.74, 6) is 0.723. The molecule has 2 aromatic heterocycles. The van der Waals surface area contributed by atoms with Crippen LogP contribution in [0.3, 0.4) is 0 Å². The molecule has 110 valence electrons. The third kappa shape index (κ3) is 2.43. The van der Waals surface area contributed by atoms with E-state index in [1.807, 2.05) is 13.1 Å². The number of nitrogens with zero attached hydrogens (tertiary/aromatic N) is 4. The minimum atomic E-state index is 0.577. The zero-order chi connectivity index (χ0) is 15.0. The van der Waals surface area contributed by atoms with E-state index in [2.05, 4.69) is 26.1 Å². The Balaban J connectivity index is 2.06. The molecule has 0 amide bonds. The van der Waals surface area contributed by atoms with Crippen LogP contribution >= 0.6 is 23.3 Å². The number of aromatic nitrogens is 4. The lowest BCUT2D eigenvalue weighted by Gasteiger charge is -2.09.